The summed E-state index contributed by atoms with van der Waals surface area (Å²) in [7, 11) is 0. The Bertz CT molecular complexity index is 709. The zero-order valence-electron chi connectivity index (χ0n) is 14.4. The second-order valence-electron chi connectivity index (χ2n) is 6.40. The molecular weight excluding hydrogens is 335 g/mol. The van der Waals surface area contributed by atoms with Crippen LogP contribution in [0.4, 0.5) is 9.18 Å². The number of ether oxygens (including phenoxy) is 1. The van der Waals surface area contributed by atoms with E-state index in [4.69, 9.17) is 4.74 Å². The molecule has 2 aromatic carbocycles. The molecular formula is C20H23FN2O3. The minimum absolute atomic E-state index is 0.0125. The lowest BCUT2D eigenvalue weighted by molar-refractivity contribution is 0.00216. The van der Waals surface area contributed by atoms with E-state index in [2.05, 4.69) is 10.6 Å². The van der Waals surface area contributed by atoms with Crippen LogP contribution in [0, 0.1) is 5.82 Å². The summed E-state index contributed by atoms with van der Waals surface area (Å²) in [6, 6.07) is 14.7. The molecule has 0 spiro atoms. The molecule has 3 N–H and O–H groups in total. The number of urea groups is 1. The maximum absolute atomic E-state index is 13.0. The molecule has 1 saturated heterocycles. The van der Waals surface area contributed by atoms with Crippen LogP contribution in [0.15, 0.2) is 54.6 Å². The van der Waals surface area contributed by atoms with Gasteiger partial charge in [-0.05, 0) is 36.1 Å². The molecule has 26 heavy (non-hydrogen) atoms. The summed E-state index contributed by atoms with van der Waals surface area (Å²) in [5.74, 6) is -0.357. The first-order valence-electron chi connectivity index (χ1n) is 8.75. The third kappa shape index (κ3) is 4.80. The molecule has 3 unspecified atom stereocenters. The standard InChI is InChI=1S/C20H23FN2O3/c21-16-8-6-14(7-9-16)18(13-24)23-20(25)22-17-10-11-26-19(12-17)15-4-2-1-3-5-15/h1-9,17-19,24H,10-13H2,(H2,22,23,25). The summed E-state index contributed by atoms with van der Waals surface area (Å²) in [6.07, 6.45) is 1.38. The van der Waals surface area contributed by atoms with Gasteiger partial charge in [0.15, 0.2) is 0 Å². The number of nitrogens with one attached hydrogen (secondary N) is 2. The first-order valence-corrected chi connectivity index (χ1v) is 8.75. The van der Waals surface area contributed by atoms with Crippen LogP contribution in [0.25, 0.3) is 0 Å². The van der Waals surface area contributed by atoms with Gasteiger partial charge in [-0.25, -0.2) is 9.18 Å². The van der Waals surface area contributed by atoms with Crippen molar-refractivity contribution in [1.29, 1.82) is 0 Å². The average molecular weight is 358 g/mol. The monoisotopic (exact) mass is 358 g/mol. The quantitative estimate of drug-likeness (QED) is 0.769. The van der Waals surface area contributed by atoms with Crippen LogP contribution in [0.2, 0.25) is 0 Å². The van der Waals surface area contributed by atoms with Crippen LogP contribution in [0.5, 0.6) is 0 Å². The molecule has 5 nitrogen and oxygen atoms in total. The zero-order chi connectivity index (χ0) is 18.4. The Morgan fingerprint density at radius 2 is 1.92 bits per heavy atom. The summed E-state index contributed by atoms with van der Waals surface area (Å²) >= 11 is 0. The van der Waals surface area contributed by atoms with Gasteiger partial charge in [0.05, 0.1) is 18.8 Å². The van der Waals surface area contributed by atoms with Crippen molar-refractivity contribution in [3.05, 3.63) is 71.5 Å². The number of carbonyl (C=O) groups excluding carboxylic acids is 1. The van der Waals surface area contributed by atoms with E-state index in [0.717, 1.165) is 12.0 Å². The van der Waals surface area contributed by atoms with Crippen molar-refractivity contribution in [1.82, 2.24) is 10.6 Å². The normalized spacial score (nSPS) is 21.0. The number of amides is 2. The molecule has 0 bridgehead atoms. The third-order valence-electron chi connectivity index (χ3n) is 4.55. The van der Waals surface area contributed by atoms with E-state index in [9.17, 15) is 14.3 Å². The Hall–Kier alpha value is -2.44. The van der Waals surface area contributed by atoms with Gasteiger partial charge in [-0.2, -0.15) is 0 Å². The number of aliphatic hydroxyl groups is 1. The van der Waals surface area contributed by atoms with Gasteiger partial charge in [0, 0.05) is 12.6 Å². The molecule has 0 aliphatic carbocycles. The minimum Gasteiger partial charge on any atom is -0.394 e. The van der Waals surface area contributed by atoms with Gasteiger partial charge in [0.1, 0.15) is 5.82 Å². The van der Waals surface area contributed by atoms with Crippen molar-refractivity contribution in [3.8, 4) is 0 Å². The molecule has 3 rings (SSSR count). The van der Waals surface area contributed by atoms with Gasteiger partial charge in [0.2, 0.25) is 0 Å². The highest BCUT2D eigenvalue weighted by Crippen LogP contribution is 2.27. The average Bonchev–Trinajstić information content (AvgIpc) is 2.68. The van der Waals surface area contributed by atoms with Crippen LogP contribution in [0.1, 0.15) is 36.1 Å². The summed E-state index contributed by atoms with van der Waals surface area (Å²) in [6.45, 7) is 0.311. The maximum atomic E-state index is 13.0. The number of aliphatic hydroxyl groups excluding tert-OH is 1. The molecule has 0 aromatic heterocycles. The molecule has 1 fully saturated rings. The predicted octanol–water partition coefficient (Wildman–Crippen LogP) is 3.08. The highest BCUT2D eigenvalue weighted by molar-refractivity contribution is 5.74. The lowest BCUT2D eigenvalue weighted by atomic mass is 9.97. The van der Waals surface area contributed by atoms with Crippen LogP contribution < -0.4 is 10.6 Å². The summed E-state index contributed by atoms with van der Waals surface area (Å²) in [4.78, 5) is 12.3. The summed E-state index contributed by atoms with van der Waals surface area (Å²) in [5.41, 5.74) is 1.75. The zero-order valence-corrected chi connectivity index (χ0v) is 14.4. The van der Waals surface area contributed by atoms with Gasteiger partial charge >= 0.3 is 6.03 Å². The summed E-state index contributed by atoms with van der Waals surface area (Å²) in [5, 5.41) is 15.2. The Morgan fingerprint density at radius 3 is 2.62 bits per heavy atom. The third-order valence-corrected chi connectivity index (χ3v) is 4.55. The van der Waals surface area contributed by atoms with Crippen molar-refractivity contribution in [3.63, 3.8) is 0 Å². The van der Waals surface area contributed by atoms with Crippen molar-refractivity contribution >= 4 is 6.03 Å². The number of rotatable bonds is 5. The van der Waals surface area contributed by atoms with E-state index in [-0.39, 0.29) is 30.6 Å². The number of benzene rings is 2. The van der Waals surface area contributed by atoms with Gasteiger partial charge < -0.3 is 20.5 Å². The van der Waals surface area contributed by atoms with Gasteiger partial charge in [-0.15, -0.1) is 0 Å². The highest BCUT2D eigenvalue weighted by atomic mass is 19.1. The molecule has 1 heterocycles. The largest absolute Gasteiger partial charge is 0.394 e. The van der Waals surface area contributed by atoms with Crippen molar-refractivity contribution < 1.29 is 19.0 Å². The SMILES string of the molecule is O=C(NC1CCOC(c2ccccc2)C1)NC(CO)c1ccc(F)cc1. The van der Waals surface area contributed by atoms with Crippen LogP contribution in [-0.2, 0) is 4.74 Å². The van der Waals surface area contributed by atoms with Gasteiger partial charge in [0.25, 0.3) is 0 Å². The van der Waals surface area contributed by atoms with Crippen LogP contribution >= 0.6 is 0 Å². The van der Waals surface area contributed by atoms with E-state index < -0.39 is 6.04 Å². The van der Waals surface area contributed by atoms with E-state index in [0.29, 0.717) is 18.6 Å². The van der Waals surface area contributed by atoms with Crippen LogP contribution in [-0.4, -0.2) is 30.4 Å². The Labute approximate surface area is 152 Å². The van der Waals surface area contributed by atoms with E-state index >= 15 is 0 Å². The molecule has 2 amide bonds. The number of hydrogen-bond acceptors (Lipinski definition) is 3. The molecule has 6 heteroatoms. The fourth-order valence-electron chi connectivity index (χ4n) is 3.14. The topological polar surface area (TPSA) is 70.6 Å². The van der Waals surface area contributed by atoms with Crippen molar-refractivity contribution in [2.24, 2.45) is 0 Å². The first-order chi connectivity index (χ1) is 12.7. The molecule has 1 aliphatic rings. The molecule has 138 valence electrons. The molecule has 3 atom stereocenters. The lowest BCUT2D eigenvalue weighted by Gasteiger charge is -2.31. The number of carbonyl (C=O) groups is 1. The Kier molecular flexibility index (Phi) is 6.20. The molecule has 0 saturated carbocycles. The van der Waals surface area contributed by atoms with E-state index in [1.54, 1.807) is 12.1 Å². The van der Waals surface area contributed by atoms with E-state index in [1.807, 2.05) is 30.3 Å². The molecule has 2 aromatic rings. The highest BCUT2D eigenvalue weighted by Gasteiger charge is 2.25. The van der Waals surface area contributed by atoms with Gasteiger partial charge in [-0.1, -0.05) is 42.5 Å². The second kappa shape index (κ2) is 8.78. The maximum Gasteiger partial charge on any atom is 0.315 e. The Morgan fingerprint density at radius 1 is 1.19 bits per heavy atom. The lowest BCUT2D eigenvalue weighted by Crippen LogP contribution is -2.46. The van der Waals surface area contributed by atoms with Crippen molar-refractivity contribution in [2.45, 2.75) is 31.0 Å². The smallest absolute Gasteiger partial charge is 0.315 e. The molecule has 0 radical (unpaired) electrons. The van der Waals surface area contributed by atoms with E-state index in [1.165, 1.54) is 12.1 Å². The number of hydrogen-bond donors (Lipinski definition) is 3. The fourth-order valence-corrected chi connectivity index (χ4v) is 3.14. The van der Waals surface area contributed by atoms with Crippen molar-refractivity contribution in [2.75, 3.05) is 13.2 Å². The first kappa shape index (κ1) is 18.4. The summed E-state index contributed by atoms with van der Waals surface area (Å²) < 4.78 is 18.8. The van der Waals surface area contributed by atoms with Crippen LogP contribution in [0.3, 0.4) is 0 Å². The minimum atomic E-state index is -0.583. The van der Waals surface area contributed by atoms with Gasteiger partial charge in [-0.3, -0.25) is 0 Å². The predicted molar refractivity (Wildman–Crippen MR) is 96.1 cm³/mol. The fraction of sp³-hybridized carbons (Fsp3) is 0.350. The Balaban J connectivity index is 1.56. The molecule has 1 aliphatic heterocycles. The number of halogens is 1. The second-order valence-corrected chi connectivity index (χ2v) is 6.40.